The second kappa shape index (κ2) is 9.58. The van der Waals surface area contributed by atoms with Gasteiger partial charge in [0.25, 0.3) is 11.8 Å². The maximum absolute atomic E-state index is 12.5. The molecule has 0 fully saturated rings. The standard InChI is InChI=1S/C19H17F3N2O5/c1-28-17(26)10-23-18(27)12-3-2-4-14(9-12)24-16(25)11-29-15-7-5-13(6-8-15)19(20,21)22/h2-9H,10-11H2,1H3,(H,23,27)(H,24,25). The van der Waals surface area contributed by atoms with Gasteiger partial charge in [0.1, 0.15) is 12.3 Å². The number of amides is 2. The highest BCUT2D eigenvalue weighted by atomic mass is 19.4. The molecule has 29 heavy (non-hydrogen) atoms. The lowest BCUT2D eigenvalue weighted by Crippen LogP contribution is -2.30. The van der Waals surface area contributed by atoms with Crippen molar-refractivity contribution in [2.45, 2.75) is 6.18 Å². The van der Waals surface area contributed by atoms with Crippen molar-refractivity contribution in [1.29, 1.82) is 0 Å². The summed E-state index contributed by atoms with van der Waals surface area (Å²) < 4.78 is 47.1. The molecule has 0 bridgehead atoms. The van der Waals surface area contributed by atoms with E-state index in [1.807, 2.05) is 0 Å². The quantitative estimate of drug-likeness (QED) is 0.685. The summed E-state index contributed by atoms with van der Waals surface area (Å²) in [6.07, 6.45) is -4.45. The van der Waals surface area contributed by atoms with E-state index in [4.69, 9.17) is 4.74 Å². The Labute approximate surface area is 163 Å². The van der Waals surface area contributed by atoms with Crippen LogP contribution in [0.15, 0.2) is 48.5 Å². The van der Waals surface area contributed by atoms with Gasteiger partial charge in [0.05, 0.1) is 12.7 Å². The second-order valence-electron chi connectivity index (χ2n) is 5.70. The van der Waals surface area contributed by atoms with Crippen molar-refractivity contribution in [2.75, 3.05) is 25.6 Å². The fourth-order valence-corrected chi connectivity index (χ4v) is 2.15. The minimum Gasteiger partial charge on any atom is -0.484 e. The Hall–Kier alpha value is -3.56. The highest BCUT2D eigenvalue weighted by Gasteiger charge is 2.30. The SMILES string of the molecule is COC(=O)CNC(=O)c1cccc(NC(=O)COc2ccc(C(F)(F)F)cc2)c1. The van der Waals surface area contributed by atoms with Crippen LogP contribution in [0.1, 0.15) is 15.9 Å². The number of carbonyl (C=O) groups excluding carboxylic acids is 3. The summed E-state index contributed by atoms with van der Waals surface area (Å²) in [4.78, 5) is 35.0. The summed E-state index contributed by atoms with van der Waals surface area (Å²) >= 11 is 0. The molecule has 2 aromatic carbocycles. The lowest BCUT2D eigenvalue weighted by atomic mass is 10.2. The number of hydrogen-bond acceptors (Lipinski definition) is 5. The Morgan fingerprint density at radius 3 is 2.34 bits per heavy atom. The maximum Gasteiger partial charge on any atom is 0.416 e. The van der Waals surface area contributed by atoms with Crippen molar-refractivity contribution in [3.8, 4) is 5.75 Å². The van der Waals surface area contributed by atoms with Crippen molar-refractivity contribution in [3.05, 3.63) is 59.7 Å². The van der Waals surface area contributed by atoms with Gasteiger partial charge in [-0.25, -0.2) is 0 Å². The van der Waals surface area contributed by atoms with Gasteiger partial charge in [-0.2, -0.15) is 13.2 Å². The fraction of sp³-hybridized carbons (Fsp3) is 0.211. The minimum absolute atomic E-state index is 0.101. The van der Waals surface area contributed by atoms with Crippen LogP contribution in [0.4, 0.5) is 18.9 Å². The van der Waals surface area contributed by atoms with Crippen LogP contribution >= 0.6 is 0 Å². The Morgan fingerprint density at radius 2 is 1.72 bits per heavy atom. The zero-order valence-corrected chi connectivity index (χ0v) is 15.2. The van der Waals surface area contributed by atoms with Gasteiger partial charge in [0.15, 0.2) is 6.61 Å². The van der Waals surface area contributed by atoms with Crippen LogP contribution in [0.3, 0.4) is 0 Å². The van der Waals surface area contributed by atoms with E-state index in [1.165, 1.54) is 31.4 Å². The number of benzene rings is 2. The number of esters is 1. The first-order valence-electron chi connectivity index (χ1n) is 8.24. The summed E-state index contributed by atoms with van der Waals surface area (Å²) in [5.41, 5.74) is -0.316. The summed E-state index contributed by atoms with van der Waals surface area (Å²) in [6, 6.07) is 9.87. The predicted octanol–water partition coefficient (Wildman–Crippen LogP) is 2.63. The molecular formula is C19H17F3N2O5. The molecular weight excluding hydrogens is 393 g/mol. The Bertz CT molecular complexity index is 882. The summed E-state index contributed by atoms with van der Waals surface area (Å²) in [5, 5.41) is 4.86. The van der Waals surface area contributed by atoms with Crippen molar-refractivity contribution in [1.82, 2.24) is 5.32 Å². The first kappa shape index (κ1) is 21.7. The molecule has 0 heterocycles. The Morgan fingerprint density at radius 1 is 1.03 bits per heavy atom. The van der Waals surface area contributed by atoms with Gasteiger partial charge in [-0.1, -0.05) is 6.07 Å². The van der Waals surface area contributed by atoms with Crippen LogP contribution in [0.2, 0.25) is 0 Å². The van der Waals surface area contributed by atoms with Gasteiger partial charge in [-0.15, -0.1) is 0 Å². The van der Waals surface area contributed by atoms with E-state index in [2.05, 4.69) is 15.4 Å². The number of carbonyl (C=O) groups is 3. The molecule has 0 saturated heterocycles. The first-order valence-corrected chi connectivity index (χ1v) is 8.24. The Kier molecular flexibility index (Phi) is 7.18. The predicted molar refractivity (Wildman–Crippen MR) is 96.4 cm³/mol. The normalized spacial score (nSPS) is 10.8. The average Bonchev–Trinajstić information content (AvgIpc) is 2.70. The Balaban J connectivity index is 1.89. The fourth-order valence-electron chi connectivity index (χ4n) is 2.15. The van der Waals surface area contributed by atoms with Crippen molar-refractivity contribution >= 4 is 23.5 Å². The van der Waals surface area contributed by atoms with Crippen molar-refractivity contribution in [2.24, 2.45) is 0 Å². The van der Waals surface area contributed by atoms with E-state index in [1.54, 1.807) is 0 Å². The summed E-state index contributed by atoms with van der Waals surface area (Å²) in [6.45, 7) is -0.739. The third-order valence-corrected chi connectivity index (χ3v) is 3.58. The average molecular weight is 410 g/mol. The topological polar surface area (TPSA) is 93.7 Å². The van der Waals surface area contributed by atoms with Crippen LogP contribution < -0.4 is 15.4 Å². The molecule has 0 aliphatic rings. The number of hydrogen-bond donors (Lipinski definition) is 2. The van der Waals surface area contributed by atoms with Gasteiger partial charge < -0.3 is 20.1 Å². The second-order valence-corrected chi connectivity index (χ2v) is 5.70. The third kappa shape index (κ3) is 6.83. The molecule has 2 aromatic rings. The zero-order valence-electron chi connectivity index (χ0n) is 15.2. The van der Waals surface area contributed by atoms with Gasteiger partial charge in [0, 0.05) is 11.3 Å². The third-order valence-electron chi connectivity index (χ3n) is 3.58. The molecule has 0 spiro atoms. The molecule has 2 amide bonds. The monoisotopic (exact) mass is 410 g/mol. The molecule has 0 aromatic heterocycles. The molecule has 2 rings (SSSR count). The first-order chi connectivity index (χ1) is 13.7. The molecule has 0 aliphatic heterocycles. The van der Waals surface area contributed by atoms with Crippen LogP contribution in [-0.2, 0) is 20.5 Å². The highest BCUT2D eigenvalue weighted by molar-refractivity contribution is 5.98. The van der Waals surface area contributed by atoms with Crippen LogP contribution in [-0.4, -0.2) is 38.0 Å². The lowest BCUT2D eigenvalue weighted by molar-refractivity contribution is -0.139. The van der Waals surface area contributed by atoms with Crippen LogP contribution in [0.25, 0.3) is 0 Å². The highest BCUT2D eigenvalue weighted by Crippen LogP contribution is 2.30. The number of halogens is 3. The van der Waals surface area contributed by atoms with Gasteiger partial charge in [0.2, 0.25) is 0 Å². The molecule has 10 heteroatoms. The van der Waals surface area contributed by atoms with E-state index in [0.717, 1.165) is 24.3 Å². The van der Waals surface area contributed by atoms with E-state index in [0.29, 0.717) is 5.69 Å². The molecule has 0 radical (unpaired) electrons. The van der Waals surface area contributed by atoms with Crippen molar-refractivity contribution in [3.63, 3.8) is 0 Å². The van der Waals surface area contributed by atoms with E-state index >= 15 is 0 Å². The zero-order chi connectivity index (χ0) is 21.4. The maximum atomic E-state index is 12.5. The minimum atomic E-state index is -4.45. The molecule has 154 valence electrons. The smallest absolute Gasteiger partial charge is 0.416 e. The summed E-state index contributed by atoms with van der Waals surface area (Å²) in [7, 11) is 1.19. The number of alkyl halides is 3. The van der Waals surface area contributed by atoms with E-state index in [-0.39, 0.29) is 17.9 Å². The van der Waals surface area contributed by atoms with Crippen molar-refractivity contribution < 1.29 is 37.0 Å². The number of nitrogens with one attached hydrogen (secondary N) is 2. The lowest BCUT2D eigenvalue weighted by Gasteiger charge is -2.10. The number of anilines is 1. The molecule has 7 nitrogen and oxygen atoms in total. The van der Waals surface area contributed by atoms with Gasteiger partial charge >= 0.3 is 12.1 Å². The number of rotatable bonds is 7. The number of ether oxygens (including phenoxy) is 2. The van der Waals surface area contributed by atoms with Gasteiger partial charge in [-0.05, 0) is 42.5 Å². The molecule has 0 atom stereocenters. The molecule has 0 saturated carbocycles. The van der Waals surface area contributed by atoms with E-state index < -0.39 is 36.1 Å². The number of methoxy groups -OCH3 is 1. The molecule has 2 N–H and O–H groups in total. The van der Waals surface area contributed by atoms with Gasteiger partial charge in [-0.3, -0.25) is 14.4 Å². The van der Waals surface area contributed by atoms with Crippen LogP contribution in [0, 0.1) is 0 Å². The molecule has 0 aliphatic carbocycles. The molecule has 0 unspecified atom stereocenters. The summed E-state index contributed by atoms with van der Waals surface area (Å²) in [5.74, 6) is -1.61. The van der Waals surface area contributed by atoms with E-state index in [9.17, 15) is 27.6 Å². The largest absolute Gasteiger partial charge is 0.484 e. The van der Waals surface area contributed by atoms with Crippen LogP contribution in [0.5, 0.6) is 5.75 Å².